The van der Waals surface area contributed by atoms with Crippen LogP contribution in [0.25, 0.3) is 0 Å². The Kier molecular flexibility index (Phi) is 2.63. The maximum atomic E-state index is 5.34. The van der Waals surface area contributed by atoms with E-state index in [1.807, 2.05) is 42.5 Å². The first-order chi connectivity index (χ1) is 8.43. The second kappa shape index (κ2) is 4.43. The van der Waals surface area contributed by atoms with Crippen LogP contribution in [0.4, 0.5) is 0 Å². The number of furan rings is 1. The topological polar surface area (TPSA) is 46.8 Å². The number of hydroxylamine groups is 1. The van der Waals surface area contributed by atoms with Gasteiger partial charge in [-0.2, -0.15) is 0 Å². The Morgan fingerprint density at radius 3 is 2.76 bits per heavy atom. The van der Waals surface area contributed by atoms with Crippen molar-refractivity contribution in [3.63, 3.8) is 0 Å². The molecule has 1 N–H and O–H groups in total. The molecule has 1 aromatic heterocycles. The highest BCUT2D eigenvalue weighted by Crippen LogP contribution is 2.21. The average Bonchev–Trinajstić information content (AvgIpc) is 2.94. The minimum Gasteiger partial charge on any atom is -0.467 e. The quantitative estimate of drug-likeness (QED) is 0.857. The molecule has 1 aliphatic rings. The number of rotatable bonds is 2. The van der Waals surface area contributed by atoms with Gasteiger partial charge in [-0.1, -0.05) is 30.3 Å². The molecule has 0 amide bonds. The highest BCUT2D eigenvalue weighted by atomic mass is 16.6. The minimum absolute atomic E-state index is 0.0820. The van der Waals surface area contributed by atoms with Crippen LogP contribution < -0.4 is 5.48 Å². The van der Waals surface area contributed by atoms with E-state index >= 15 is 0 Å². The summed E-state index contributed by atoms with van der Waals surface area (Å²) in [6, 6.07) is 13.6. The van der Waals surface area contributed by atoms with E-state index in [1.165, 1.54) is 0 Å². The van der Waals surface area contributed by atoms with Crippen LogP contribution in [0.15, 0.2) is 58.1 Å². The Morgan fingerprint density at radius 1 is 1.12 bits per heavy atom. The van der Waals surface area contributed by atoms with Gasteiger partial charge in [0, 0.05) is 5.56 Å². The third-order valence-electron chi connectivity index (χ3n) is 2.61. The van der Waals surface area contributed by atoms with Gasteiger partial charge in [-0.25, -0.2) is 5.48 Å². The zero-order chi connectivity index (χ0) is 11.5. The number of aliphatic imine (C=N–C) groups is 1. The lowest BCUT2D eigenvalue weighted by atomic mass is 10.2. The van der Waals surface area contributed by atoms with Gasteiger partial charge in [0.05, 0.1) is 6.26 Å². The monoisotopic (exact) mass is 228 g/mol. The van der Waals surface area contributed by atoms with E-state index in [4.69, 9.17) is 9.25 Å². The summed E-state index contributed by atoms with van der Waals surface area (Å²) in [7, 11) is 0. The Hall–Kier alpha value is -2.07. The second-order valence-corrected chi connectivity index (χ2v) is 3.79. The van der Waals surface area contributed by atoms with Crippen molar-refractivity contribution in [1.82, 2.24) is 5.48 Å². The molecule has 0 radical (unpaired) electrons. The molecule has 86 valence electrons. The highest BCUT2D eigenvalue weighted by molar-refractivity contribution is 5.98. The molecule has 17 heavy (non-hydrogen) atoms. The maximum absolute atomic E-state index is 5.34. The SMILES string of the molecule is c1ccc(C2=NC(c3ccco3)CON2)cc1. The first-order valence-corrected chi connectivity index (χ1v) is 5.48. The molecule has 0 bridgehead atoms. The van der Waals surface area contributed by atoms with Crippen LogP contribution in [0.1, 0.15) is 17.4 Å². The summed E-state index contributed by atoms with van der Waals surface area (Å²) in [5.74, 6) is 1.55. The van der Waals surface area contributed by atoms with Gasteiger partial charge in [-0.3, -0.25) is 9.83 Å². The molecule has 0 spiro atoms. The molecule has 4 nitrogen and oxygen atoms in total. The molecule has 1 aromatic carbocycles. The van der Waals surface area contributed by atoms with Crippen LogP contribution in [-0.2, 0) is 4.84 Å². The average molecular weight is 228 g/mol. The second-order valence-electron chi connectivity index (χ2n) is 3.79. The normalized spacial score (nSPS) is 19.5. The van der Waals surface area contributed by atoms with Crippen LogP contribution in [0.2, 0.25) is 0 Å². The first-order valence-electron chi connectivity index (χ1n) is 5.48. The van der Waals surface area contributed by atoms with E-state index < -0.39 is 0 Å². The zero-order valence-electron chi connectivity index (χ0n) is 9.17. The van der Waals surface area contributed by atoms with Crippen molar-refractivity contribution in [3.05, 3.63) is 60.1 Å². The fraction of sp³-hybridized carbons (Fsp3) is 0.154. The number of benzene rings is 1. The van der Waals surface area contributed by atoms with Crippen LogP contribution >= 0.6 is 0 Å². The van der Waals surface area contributed by atoms with Crippen molar-refractivity contribution in [1.29, 1.82) is 0 Å². The van der Waals surface area contributed by atoms with Crippen molar-refractivity contribution in [2.75, 3.05) is 6.61 Å². The first kappa shape index (κ1) is 10.1. The zero-order valence-corrected chi connectivity index (χ0v) is 9.17. The van der Waals surface area contributed by atoms with Crippen molar-refractivity contribution >= 4 is 5.84 Å². The van der Waals surface area contributed by atoms with Crippen LogP contribution in [-0.4, -0.2) is 12.4 Å². The summed E-state index contributed by atoms with van der Waals surface area (Å²) in [6.07, 6.45) is 1.65. The standard InChI is InChI=1S/C13H12N2O2/c1-2-5-10(6-3-1)13-14-11(9-17-15-13)12-7-4-8-16-12/h1-8,11H,9H2,(H,14,15). The van der Waals surface area contributed by atoms with E-state index in [0.29, 0.717) is 6.61 Å². The molecule has 4 heteroatoms. The molecule has 1 aliphatic heterocycles. The van der Waals surface area contributed by atoms with Crippen molar-refractivity contribution < 1.29 is 9.25 Å². The largest absolute Gasteiger partial charge is 0.467 e. The molecule has 1 unspecified atom stereocenters. The fourth-order valence-corrected chi connectivity index (χ4v) is 1.76. The highest BCUT2D eigenvalue weighted by Gasteiger charge is 2.20. The lowest BCUT2D eigenvalue weighted by Gasteiger charge is -2.20. The Morgan fingerprint density at radius 2 is 2.00 bits per heavy atom. The molecule has 3 rings (SSSR count). The van der Waals surface area contributed by atoms with Gasteiger partial charge < -0.3 is 4.42 Å². The van der Waals surface area contributed by atoms with Gasteiger partial charge in [0.1, 0.15) is 18.4 Å². The van der Waals surface area contributed by atoms with E-state index in [-0.39, 0.29) is 6.04 Å². The Balaban J connectivity index is 1.91. The molecular weight excluding hydrogens is 216 g/mol. The summed E-state index contributed by atoms with van der Waals surface area (Å²) < 4.78 is 5.34. The smallest absolute Gasteiger partial charge is 0.153 e. The van der Waals surface area contributed by atoms with Gasteiger partial charge in [0.2, 0.25) is 0 Å². The molecule has 2 aromatic rings. The summed E-state index contributed by atoms with van der Waals surface area (Å²) in [6.45, 7) is 0.476. The maximum Gasteiger partial charge on any atom is 0.153 e. The van der Waals surface area contributed by atoms with Crippen molar-refractivity contribution in [2.24, 2.45) is 4.99 Å². The van der Waals surface area contributed by atoms with Gasteiger partial charge in [0.15, 0.2) is 5.84 Å². The van der Waals surface area contributed by atoms with Crippen LogP contribution in [0.3, 0.4) is 0 Å². The molecular formula is C13H12N2O2. The lowest BCUT2D eigenvalue weighted by molar-refractivity contribution is 0.0579. The van der Waals surface area contributed by atoms with E-state index in [1.54, 1.807) is 6.26 Å². The number of hydrogen-bond acceptors (Lipinski definition) is 4. The minimum atomic E-state index is -0.0820. The number of hydrogen-bond donors (Lipinski definition) is 1. The third kappa shape index (κ3) is 2.07. The van der Waals surface area contributed by atoms with Crippen LogP contribution in [0.5, 0.6) is 0 Å². The van der Waals surface area contributed by atoms with Crippen molar-refractivity contribution in [3.8, 4) is 0 Å². The Bertz CT molecular complexity index is 505. The Labute approximate surface area is 98.9 Å². The molecule has 2 heterocycles. The number of nitrogens with zero attached hydrogens (tertiary/aromatic N) is 1. The summed E-state index contributed by atoms with van der Waals surface area (Å²) in [5.41, 5.74) is 3.84. The molecule has 0 aliphatic carbocycles. The summed E-state index contributed by atoms with van der Waals surface area (Å²) in [5, 5.41) is 0. The molecule has 1 atom stereocenters. The number of nitrogens with one attached hydrogen (secondary N) is 1. The molecule has 0 saturated heterocycles. The predicted octanol–water partition coefficient (Wildman–Crippen LogP) is 2.30. The predicted molar refractivity (Wildman–Crippen MR) is 63.5 cm³/mol. The summed E-state index contributed by atoms with van der Waals surface area (Å²) in [4.78, 5) is 9.91. The van der Waals surface area contributed by atoms with E-state index in [2.05, 4.69) is 10.5 Å². The third-order valence-corrected chi connectivity index (χ3v) is 2.61. The van der Waals surface area contributed by atoms with Crippen LogP contribution in [0, 0.1) is 0 Å². The molecule has 0 fully saturated rings. The van der Waals surface area contributed by atoms with Gasteiger partial charge in [-0.15, -0.1) is 0 Å². The number of amidine groups is 1. The van der Waals surface area contributed by atoms with Gasteiger partial charge >= 0.3 is 0 Å². The van der Waals surface area contributed by atoms with E-state index in [9.17, 15) is 0 Å². The van der Waals surface area contributed by atoms with E-state index in [0.717, 1.165) is 17.2 Å². The summed E-state index contributed by atoms with van der Waals surface area (Å²) >= 11 is 0. The van der Waals surface area contributed by atoms with Gasteiger partial charge in [-0.05, 0) is 12.1 Å². The van der Waals surface area contributed by atoms with Gasteiger partial charge in [0.25, 0.3) is 0 Å². The fourth-order valence-electron chi connectivity index (χ4n) is 1.76. The lowest BCUT2D eigenvalue weighted by Crippen LogP contribution is -2.32. The molecule has 0 saturated carbocycles. The van der Waals surface area contributed by atoms with Crippen molar-refractivity contribution in [2.45, 2.75) is 6.04 Å².